The minimum Gasteiger partial charge on any atom is -0.381 e. The molecule has 4 nitrogen and oxygen atoms in total. The van der Waals surface area contributed by atoms with Gasteiger partial charge in [-0.05, 0) is 24.8 Å². The lowest BCUT2D eigenvalue weighted by atomic mass is 10.00. The number of amides is 1. The van der Waals surface area contributed by atoms with Crippen LogP contribution in [0.3, 0.4) is 0 Å². The molecule has 0 atom stereocenters. The average molecular weight is 316 g/mol. The van der Waals surface area contributed by atoms with E-state index in [0.29, 0.717) is 18.3 Å². The number of anilines is 1. The average Bonchev–Trinajstić information content (AvgIpc) is 3.04. The van der Waals surface area contributed by atoms with Gasteiger partial charge in [-0.3, -0.25) is 4.79 Å². The van der Waals surface area contributed by atoms with Crippen molar-refractivity contribution < 1.29 is 9.53 Å². The van der Waals surface area contributed by atoms with Gasteiger partial charge in [0.2, 0.25) is 5.91 Å². The number of nitrogens with zero attached hydrogens (tertiary/aromatic N) is 1. The Hall–Kier alpha value is -1.72. The van der Waals surface area contributed by atoms with Crippen LogP contribution in [0.2, 0.25) is 0 Å². The molecule has 0 saturated carbocycles. The summed E-state index contributed by atoms with van der Waals surface area (Å²) in [5, 5.41) is 5.60. The summed E-state index contributed by atoms with van der Waals surface area (Å²) in [5.41, 5.74) is 3.31. The number of carbonyl (C=O) groups excluding carboxylic acids is 1. The fourth-order valence-electron chi connectivity index (χ4n) is 2.54. The van der Waals surface area contributed by atoms with Crippen molar-refractivity contribution in [3.8, 4) is 11.3 Å². The molecule has 1 saturated heterocycles. The molecule has 0 unspecified atom stereocenters. The van der Waals surface area contributed by atoms with E-state index in [0.717, 1.165) is 30.5 Å². The van der Waals surface area contributed by atoms with Crippen molar-refractivity contribution in [3.05, 3.63) is 35.2 Å². The van der Waals surface area contributed by atoms with Gasteiger partial charge < -0.3 is 10.1 Å². The highest BCUT2D eigenvalue weighted by molar-refractivity contribution is 7.14. The molecule has 3 rings (SSSR count). The fourth-order valence-corrected chi connectivity index (χ4v) is 3.26. The molecule has 0 spiro atoms. The van der Waals surface area contributed by atoms with Gasteiger partial charge in [-0.1, -0.05) is 31.2 Å². The lowest BCUT2D eigenvalue weighted by molar-refractivity contribution is -0.122. The van der Waals surface area contributed by atoms with E-state index in [1.165, 1.54) is 16.9 Å². The Morgan fingerprint density at radius 2 is 2.05 bits per heavy atom. The van der Waals surface area contributed by atoms with Crippen LogP contribution in [0.4, 0.5) is 5.13 Å². The third-order valence-electron chi connectivity index (χ3n) is 3.98. The molecule has 0 aliphatic carbocycles. The molecule has 1 aromatic heterocycles. The van der Waals surface area contributed by atoms with Gasteiger partial charge in [0.15, 0.2) is 5.13 Å². The van der Waals surface area contributed by atoms with Gasteiger partial charge in [0.05, 0.1) is 5.69 Å². The van der Waals surface area contributed by atoms with Crippen LogP contribution < -0.4 is 5.32 Å². The molecular weight excluding hydrogens is 296 g/mol. The fraction of sp³-hybridized carbons (Fsp3) is 0.412. The monoisotopic (exact) mass is 316 g/mol. The SMILES string of the molecule is CCc1ccc(-c2csc(NC(=O)C3CCOCC3)n2)cc1. The van der Waals surface area contributed by atoms with Gasteiger partial charge in [0.1, 0.15) is 0 Å². The molecule has 5 heteroatoms. The number of carbonyl (C=O) groups is 1. The van der Waals surface area contributed by atoms with Gasteiger partial charge in [-0.15, -0.1) is 11.3 Å². The van der Waals surface area contributed by atoms with Crippen LogP contribution >= 0.6 is 11.3 Å². The van der Waals surface area contributed by atoms with E-state index < -0.39 is 0 Å². The predicted molar refractivity (Wildman–Crippen MR) is 89.1 cm³/mol. The van der Waals surface area contributed by atoms with Crippen LogP contribution in [0.25, 0.3) is 11.3 Å². The normalized spacial score (nSPS) is 15.7. The van der Waals surface area contributed by atoms with E-state index in [-0.39, 0.29) is 11.8 Å². The van der Waals surface area contributed by atoms with Gasteiger partial charge in [-0.2, -0.15) is 0 Å². The number of nitrogens with one attached hydrogen (secondary N) is 1. The van der Waals surface area contributed by atoms with Crippen LogP contribution in [-0.2, 0) is 16.0 Å². The Bertz CT molecular complexity index is 630. The minimum absolute atomic E-state index is 0.0462. The lowest BCUT2D eigenvalue weighted by Crippen LogP contribution is -2.28. The van der Waals surface area contributed by atoms with Gasteiger partial charge in [0, 0.05) is 30.1 Å². The quantitative estimate of drug-likeness (QED) is 0.935. The molecule has 0 bridgehead atoms. The maximum atomic E-state index is 12.2. The van der Waals surface area contributed by atoms with Crippen LogP contribution in [-0.4, -0.2) is 24.1 Å². The first-order chi connectivity index (χ1) is 10.8. The number of benzene rings is 1. The van der Waals surface area contributed by atoms with Crippen LogP contribution in [0.15, 0.2) is 29.6 Å². The molecule has 0 radical (unpaired) electrons. The number of rotatable bonds is 4. The second kappa shape index (κ2) is 7.03. The number of aromatic nitrogens is 1. The molecule has 1 N–H and O–H groups in total. The second-order valence-electron chi connectivity index (χ2n) is 5.46. The minimum atomic E-state index is 0.0462. The van der Waals surface area contributed by atoms with Crippen molar-refractivity contribution in [1.82, 2.24) is 4.98 Å². The highest BCUT2D eigenvalue weighted by atomic mass is 32.1. The summed E-state index contributed by atoms with van der Waals surface area (Å²) in [4.78, 5) is 16.7. The zero-order valence-electron chi connectivity index (χ0n) is 12.7. The number of aryl methyl sites for hydroxylation is 1. The van der Waals surface area contributed by atoms with Crippen molar-refractivity contribution in [3.63, 3.8) is 0 Å². The molecule has 2 heterocycles. The van der Waals surface area contributed by atoms with Crippen LogP contribution in [0.1, 0.15) is 25.3 Å². The second-order valence-corrected chi connectivity index (χ2v) is 6.32. The summed E-state index contributed by atoms with van der Waals surface area (Å²) in [6, 6.07) is 8.40. The Morgan fingerprint density at radius 1 is 1.32 bits per heavy atom. The third kappa shape index (κ3) is 3.54. The first kappa shape index (κ1) is 15.2. The zero-order chi connectivity index (χ0) is 15.4. The molecule has 1 fully saturated rings. The molecule has 116 valence electrons. The number of ether oxygens (including phenoxy) is 1. The van der Waals surface area contributed by atoms with E-state index >= 15 is 0 Å². The smallest absolute Gasteiger partial charge is 0.229 e. The van der Waals surface area contributed by atoms with Crippen molar-refractivity contribution in [2.75, 3.05) is 18.5 Å². The number of hydrogen-bond donors (Lipinski definition) is 1. The molecule has 1 aliphatic rings. The summed E-state index contributed by atoms with van der Waals surface area (Å²) in [5.74, 6) is 0.107. The van der Waals surface area contributed by atoms with Gasteiger partial charge >= 0.3 is 0 Å². The Balaban J connectivity index is 1.66. The molecular formula is C17H20N2O2S. The maximum Gasteiger partial charge on any atom is 0.229 e. The summed E-state index contributed by atoms with van der Waals surface area (Å²) < 4.78 is 5.29. The highest BCUT2D eigenvalue weighted by Gasteiger charge is 2.22. The first-order valence-corrected chi connectivity index (χ1v) is 8.57. The summed E-state index contributed by atoms with van der Waals surface area (Å²) in [7, 11) is 0. The maximum absolute atomic E-state index is 12.2. The number of hydrogen-bond acceptors (Lipinski definition) is 4. The van der Waals surface area contributed by atoms with E-state index in [9.17, 15) is 4.79 Å². The molecule has 1 amide bonds. The topological polar surface area (TPSA) is 51.2 Å². The van der Waals surface area contributed by atoms with Crippen molar-refractivity contribution in [2.24, 2.45) is 5.92 Å². The summed E-state index contributed by atoms with van der Waals surface area (Å²) >= 11 is 1.47. The van der Waals surface area contributed by atoms with E-state index in [1.54, 1.807) is 0 Å². The third-order valence-corrected chi connectivity index (χ3v) is 4.74. The Labute approximate surface area is 134 Å². The van der Waals surface area contributed by atoms with E-state index in [4.69, 9.17) is 4.74 Å². The van der Waals surface area contributed by atoms with Crippen LogP contribution in [0, 0.1) is 5.92 Å². The highest BCUT2D eigenvalue weighted by Crippen LogP contribution is 2.26. The summed E-state index contributed by atoms with van der Waals surface area (Å²) in [6.07, 6.45) is 2.62. The Morgan fingerprint density at radius 3 is 2.73 bits per heavy atom. The van der Waals surface area contributed by atoms with Crippen LogP contribution in [0.5, 0.6) is 0 Å². The van der Waals surface area contributed by atoms with Crippen molar-refractivity contribution >= 4 is 22.4 Å². The van der Waals surface area contributed by atoms with E-state index in [2.05, 4.69) is 41.5 Å². The zero-order valence-corrected chi connectivity index (χ0v) is 13.5. The van der Waals surface area contributed by atoms with Gasteiger partial charge in [-0.25, -0.2) is 4.98 Å². The Kier molecular flexibility index (Phi) is 4.85. The molecule has 1 aliphatic heterocycles. The van der Waals surface area contributed by atoms with Crippen molar-refractivity contribution in [2.45, 2.75) is 26.2 Å². The van der Waals surface area contributed by atoms with Gasteiger partial charge in [0.25, 0.3) is 0 Å². The molecule has 22 heavy (non-hydrogen) atoms. The summed E-state index contributed by atoms with van der Waals surface area (Å²) in [6.45, 7) is 3.48. The standard InChI is InChI=1S/C17H20N2O2S/c1-2-12-3-5-13(6-4-12)15-11-22-17(18-15)19-16(20)14-7-9-21-10-8-14/h3-6,11,14H,2,7-10H2,1H3,(H,18,19,20). The predicted octanol–water partition coefficient (Wildman–Crippen LogP) is 3.74. The molecule has 2 aromatic rings. The van der Waals surface area contributed by atoms with E-state index in [1.807, 2.05) is 5.38 Å². The lowest BCUT2D eigenvalue weighted by Gasteiger charge is -2.20. The largest absolute Gasteiger partial charge is 0.381 e. The number of thiazole rings is 1. The molecule has 1 aromatic carbocycles. The first-order valence-electron chi connectivity index (χ1n) is 7.69. The van der Waals surface area contributed by atoms with Crippen molar-refractivity contribution in [1.29, 1.82) is 0 Å².